The van der Waals surface area contributed by atoms with E-state index >= 15 is 0 Å². The normalized spacial score (nSPS) is 14.3. The number of anilines is 2. The third-order valence-electron chi connectivity index (χ3n) is 4.98. The molecule has 1 fully saturated rings. The van der Waals surface area contributed by atoms with E-state index in [-0.39, 0.29) is 6.03 Å². The van der Waals surface area contributed by atoms with E-state index in [0.29, 0.717) is 41.9 Å². The number of carbonyl (C=O) groups excluding carboxylic acids is 1. The summed E-state index contributed by atoms with van der Waals surface area (Å²) in [6.45, 7) is 4.64. The van der Waals surface area contributed by atoms with Gasteiger partial charge < -0.3 is 15.1 Å². The lowest BCUT2D eigenvalue weighted by molar-refractivity contribution is 0.208. The Labute approximate surface area is 179 Å². The molecule has 1 aliphatic heterocycles. The van der Waals surface area contributed by atoms with E-state index < -0.39 is 0 Å². The van der Waals surface area contributed by atoms with Crippen molar-refractivity contribution < 1.29 is 4.79 Å². The molecule has 29 heavy (non-hydrogen) atoms. The number of aromatic nitrogens is 2. The molecule has 2 heterocycles. The van der Waals surface area contributed by atoms with Crippen LogP contribution >= 0.6 is 23.2 Å². The molecule has 1 aliphatic rings. The number of nitrogens with one attached hydrogen (secondary N) is 1. The van der Waals surface area contributed by atoms with Crippen molar-refractivity contribution in [3.8, 4) is 0 Å². The van der Waals surface area contributed by atoms with E-state index in [0.717, 1.165) is 29.0 Å². The highest BCUT2D eigenvalue weighted by atomic mass is 35.5. The number of urea groups is 1. The maximum absolute atomic E-state index is 12.6. The largest absolute Gasteiger partial charge is 0.352 e. The van der Waals surface area contributed by atoms with Crippen molar-refractivity contribution in [3.63, 3.8) is 0 Å². The summed E-state index contributed by atoms with van der Waals surface area (Å²) in [7, 11) is 0. The molecule has 0 spiro atoms. The van der Waals surface area contributed by atoms with Crippen LogP contribution in [0.4, 0.5) is 16.3 Å². The molecule has 0 aliphatic carbocycles. The average molecular weight is 430 g/mol. The summed E-state index contributed by atoms with van der Waals surface area (Å²) in [5, 5.41) is 4.85. The first-order valence-electron chi connectivity index (χ1n) is 9.56. The molecule has 3 aromatic rings. The zero-order valence-corrected chi connectivity index (χ0v) is 17.5. The number of fused-ring (bicyclic) bond motifs is 1. The first kappa shape index (κ1) is 19.7. The minimum Gasteiger partial charge on any atom is -0.352 e. The van der Waals surface area contributed by atoms with Crippen LogP contribution in [0, 0.1) is 0 Å². The first-order valence-corrected chi connectivity index (χ1v) is 10.3. The number of hydrogen-bond donors (Lipinski definition) is 1. The molecular formula is C21H21Cl2N5O. The molecule has 1 aromatic heterocycles. The summed E-state index contributed by atoms with van der Waals surface area (Å²) in [5.74, 6) is 1.77. The summed E-state index contributed by atoms with van der Waals surface area (Å²) >= 11 is 12.1. The lowest BCUT2D eigenvalue weighted by Gasteiger charge is -2.36. The number of para-hydroxylation sites is 1. The van der Waals surface area contributed by atoms with Crippen molar-refractivity contribution in [2.75, 3.05) is 36.4 Å². The van der Waals surface area contributed by atoms with Gasteiger partial charge in [0.2, 0.25) is 0 Å². The number of carbonyl (C=O) groups is 1. The van der Waals surface area contributed by atoms with Gasteiger partial charge in [-0.25, -0.2) is 14.8 Å². The van der Waals surface area contributed by atoms with Crippen molar-refractivity contribution in [2.24, 2.45) is 0 Å². The zero-order valence-electron chi connectivity index (χ0n) is 16.0. The Bertz CT molecular complexity index is 1050. The molecule has 0 bridgehead atoms. The third-order valence-corrected chi connectivity index (χ3v) is 5.53. The lowest BCUT2D eigenvalue weighted by Crippen LogP contribution is -2.50. The molecule has 8 heteroatoms. The topological polar surface area (TPSA) is 61.4 Å². The molecule has 1 N–H and O–H groups in total. The number of aryl methyl sites for hydroxylation is 1. The van der Waals surface area contributed by atoms with Crippen LogP contribution in [0.5, 0.6) is 0 Å². The molecule has 2 aromatic carbocycles. The SMILES string of the molecule is CCc1nc(N2CCN(C(=O)Nc3ccc(Cl)cc3Cl)CC2)c2ccccc2n1. The number of rotatable bonds is 3. The molecule has 2 amide bonds. The van der Waals surface area contributed by atoms with Crippen LogP contribution in [-0.4, -0.2) is 47.1 Å². The smallest absolute Gasteiger partial charge is 0.322 e. The number of hydrogen-bond acceptors (Lipinski definition) is 4. The fraction of sp³-hybridized carbons (Fsp3) is 0.286. The summed E-state index contributed by atoms with van der Waals surface area (Å²) in [5.41, 5.74) is 1.50. The van der Waals surface area contributed by atoms with Gasteiger partial charge in [0.25, 0.3) is 0 Å². The molecule has 0 atom stereocenters. The predicted molar refractivity (Wildman–Crippen MR) is 118 cm³/mol. The molecule has 0 radical (unpaired) electrons. The quantitative estimate of drug-likeness (QED) is 0.645. The fourth-order valence-electron chi connectivity index (χ4n) is 3.41. The van der Waals surface area contributed by atoms with Crippen LogP contribution in [0.25, 0.3) is 10.9 Å². The number of benzene rings is 2. The Kier molecular flexibility index (Phi) is 5.74. The molecule has 0 unspecified atom stereocenters. The fourth-order valence-corrected chi connectivity index (χ4v) is 3.87. The Morgan fingerprint density at radius 2 is 1.83 bits per heavy atom. The highest BCUT2D eigenvalue weighted by molar-refractivity contribution is 6.36. The molecule has 6 nitrogen and oxygen atoms in total. The monoisotopic (exact) mass is 429 g/mol. The Hall–Kier alpha value is -2.57. The predicted octanol–water partition coefficient (Wildman–Crippen LogP) is 4.85. The maximum atomic E-state index is 12.6. The van der Waals surface area contributed by atoms with E-state index in [4.69, 9.17) is 28.2 Å². The van der Waals surface area contributed by atoms with Crippen molar-refractivity contribution in [1.82, 2.24) is 14.9 Å². The van der Waals surface area contributed by atoms with Crippen LogP contribution in [0.1, 0.15) is 12.7 Å². The van der Waals surface area contributed by atoms with Crippen LogP contribution in [-0.2, 0) is 6.42 Å². The maximum Gasteiger partial charge on any atom is 0.322 e. The van der Waals surface area contributed by atoms with Crippen LogP contribution in [0.2, 0.25) is 10.0 Å². The van der Waals surface area contributed by atoms with Gasteiger partial charge in [-0.15, -0.1) is 0 Å². The van der Waals surface area contributed by atoms with Crippen molar-refractivity contribution in [1.29, 1.82) is 0 Å². The van der Waals surface area contributed by atoms with E-state index in [1.165, 1.54) is 0 Å². The zero-order chi connectivity index (χ0) is 20.4. The first-order chi connectivity index (χ1) is 14.0. The van der Waals surface area contributed by atoms with Crippen molar-refractivity contribution in [2.45, 2.75) is 13.3 Å². The van der Waals surface area contributed by atoms with E-state index in [1.807, 2.05) is 24.3 Å². The van der Waals surface area contributed by atoms with Gasteiger partial charge in [0.05, 0.1) is 16.2 Å². The Balaban J connectivity index is 1.47. The molecule has 0 saturated carbocycles. The number of piperazine rings is 1. The molecule has 4 rings (SSSR count). The number of amides is 2. The van der Waals surface area contributed by atoms with E-state index in [9.17, 15) is 4.79 Å². The number of halogens is 2. The van der Waals surface area contributed by atoms with Gasteiger partial charge in [-0.1, -0.05) is 42.3 Å². The summed E-state index contributed by atoms with van der Waals surface area (Å²) < 4.78 is 0. The second-order valence-electron chi connectivity index (χ2n) is 6.86. The van der Waals surface area contributed by atoms with Gasteiger partial charge >= 0.3 is 6.03 Å². The molecular weight excluding hydrogens is 409 g/mol. The van der Waals surface area contributed by atoms with Crippen LogP contribution < -0.4 is 10.2 Å². The van der Waals surface area contributed by atoms with Gasteiger partial charge in [-0.3, -0.25) is 0 Å². The van der Waals surface area contributed by atoms with Crippen LogP contribution in [0.15, 0.2) is 42.5 Å². The highest BCUT2D eigenvalue weighted by Gasteiger charge is 2.24. The van der Waals surface area contributed by atoms with Crippen molar-refractivity contribution >= 4 is 51.6 Å². The minimum atomic E-state index is -0.171. The standard InChI is InChI=1S/C21H21Cl2N5O/c1-2-19-24-17-6-4-3-5-15(17)20(26-19)27-9-11-28(12-10-27)21(29)25-18-8-7-14(22)13-16(18)23/h3-8,13H,2,9-12H2,1H3,(H,25,29). The van der Waals surface area contributed by atoms with Gasteiger partial charge in [0, 0.05) is 43.0 Å². The number of nitrogens with zero attached hydrogens (tertiary/aromatic N) is 4. The summed E-state index contributed by atoms with van der Waals surface area (Å²) in [6, 6.07) is 12.9. The van der Waals surface area contributed by atoms with Gasteiger partial charge in [-0.05, 0) is 30.3 Å². The Morgan fingerprint density at radius 1 is 1.07 bits per heavy atom. The van der Waals surface area contributed by atoms with Crippen LogP contribution in [0.3, 0.4) is 0 Å². The highest BCUT2D eigenvalue weighted by Crippen LogP contribution is 2.27. The Morgan fingerprint density at radius 3 is 2.55 bits per heavy atom. The van der Waals surface area contributed by atoms with E-state index in [1.54, 1.807) is 23.1 Å². The average Bonchev–Trinajstić information content (AvgIpc) is 2.75. The second-order valence-corrected chi connectivity index (χ2v) is 7.71. The minimum absolute atomic E-state index is 0.171. The lowest BCUT2D eigenvalue weighted by atomic mass is 10.2. The second kappa shape index (κ2) is 8.43. The van der Waals surface area contributed by atoms with Gasteiger partial charge in [-0.2, -0.15) is 0 Å². The summed E-state index contributed by atoms with van der Waals surface area (Å²) in [4.78, 5) is 26.0. The molecule has 1 saturated heterocycles. The van der Waals surface area contributed by atoms with Gasteiger partial charge in [0.15, 0.2) is 0 Å². The molecule has 150 valence electrons. The van der Waals surface area contributed by atoms with Gasteiger partial charge in [0.1, 0.15) is 11.6 Å². The third kappa shape index (κ3) is 4.23. The summed E-state index contributed by atoms with van der Waals surface area (Å²) in [6.07, 6.45) is 0.780. The van der Waals surface area contributed by atoms with E-state index in [2.05, 4.69) is 22.1 Å². The van der Waals surface area contributed by atoms with Crippen molar-refractivity contribution in [3.05, 3.63) is 58.3 Å².